The van der Waals surface area contributed by atoms with Crippen LogP contribution in [-0.2, 0) is 0 Å². The zero-order chi connectivity index (χ0) is 16.1. The van der Waals surface area contributed by atoms with Gasteiger partial charge in [-0.3, -0.25) is 0 Å². The number of nitrogens with one attached hydrogen (secondary N) is 1. The Morgan fingerprint density at radius 3 is 2.61 bits per heavy atom. The van der Waals surface area contributed by atoms with Crippen molar-refractivity contribution >= 4 is 5.69 Å². The van der Waals surface area contributed by atoms with Gasteiger partial charge in [-0.05, 0) is 37.1 Å². The molecular weight excluding hydrogens is 288 g/mol. The Morgan fingerprint density at radius 2 is 1.96 bits per heavy atom. The molecule has 0 aliphatic heterocycles. The fraction of sp³-hybridized carbons (Fsp3) is 0.500. The summed E-state index contributed by atoms with van der Waals surface area (Å²) >= 11 is 0. The van der Waals surface area contributed by atoms with E-state index in [2.05, 4.69) is 27.2 Å². The zero-order valence-electron chi connectivity index (χ0n) is 13.8. The molecule has 5 nitrogen and oxygen atoms in total. The van der Waals surface area contributed by atoms with E-state index >= 15 is 0 Å². The lowest BCUT2D eigenvalue weighted by Crippen LogP contribution is -2.16. The number of nitrogens with two attached hydrogens (primary N) is 1. The normalized spacial score (nSPS) is 15.6. The molecule has 1 saturated carbocycles. The topological polar surface area (TPSA) is 65.1 Å². The Kier molecular flexibility index (Phi) is 5.18. The van der Waals surface area contributed by atoms with Crippen LogP contribution >= 0.6 is 0 Å². The Hall–Kier alpha value is -2.01. The van der Waals surface area contributed by atoms with E-state index in [0.717, 1.165) is 23.7 Å². The van der Waals surface area contributed by atoms with Crippen LogP contribution < -0.4 is 15.8 Å². The number of benzene rings is 1. The van der Waals surface area contributed by atoms with E-state index in [1.807, 2.05) is 18.3 Å². The molecule has 2 aromatic rings. The summed E-state index contributed by atoms with van der Waals surface area (Å²) in [6, 6.07) is 8.08. The van der Waals surface area contributed by atoms with Crippen molar-refractivity contribution in [2.75, 3.05) is 25.5 Å². The molecule has 0 spiro atoms. The van der Waals surface area contributed by atoms with E-state index < -0.39 is 0 Å². The number of anilines is 1. The summed E-state index contributed by atoms with van der Waals surface area (Å²) in [4.78, 5) is 0. The van der Waals surface area contributed by atoms with E-state index in [4.69, 9.17) is 10.5 Å². The van der Waals surface area contributed by atoms with E-state index in [0.29, 0.717) is 12.5 Å². The zero-order valence-corrected chi connectivity index (χ0v) is 13.8. The lowest BCUT2D eigenvalue weighted by molar-refractivity contribution is 0.414. The monoisotopic (exact) mass is 314 g/mol. The molecule has 1 aromatic carbocycles. The largest absolute Gasteiger partial charge is 0.497 e. The first-order chi connectivity index (χ1) is 11.3. The van der Waals surface area contributed by atoms with E-state index in [9.17, 15) is 0 Å². The van der Waals surface area contributed by atoms with Gasteiger partial charge in [-0.2, -0.15) is 5.10 Å². The lowest BCUT2D eigenvalue weighted by Gasteiger charge is -2.24. The van der Waals surface area contributed by atoms with Crippen LogP contribution in [0.5, 0.6) is 5.75 Å². The van der Waals surface area contributed by atoms with Crippen molar-refractivity contribution in [3.05, 3.63) is 36.2 Å². The minimum absolute atomic E-state index is 0.564. The minimum Gasteiger partial charge on any atom is -0.497 e. The molecule has 0 amide bonds. The third-order valence-electron chi connectivity index (χ3n) is 4.58. The average molecular weight is 314 g/mol. The number of ether oxygens (including phenoxy) is 1. The average Bonchev–Trinajstić information content (AvgIpc) is 3.04. The van der Waals surface area contributed by atoms with Gasteiger partial charge < -0.3 is 15.8 Å². The van der Waals surface area contributed by atoms with Crippen LogP contribution in [-0.4, -0.2) is 30.0 Å². The molecule has 0 unspecified atom stereocenters. The van der Waals surface area contributed by atoms with Gasteiger partial charge in [0.1, 0.15) is 5.75 Å². The number of aromatic nitrogens is 2. The van der Waals surface area contributed by atoms with Crippen molar-refractivity contribution in [2.45, 2.75) is 38.0 Å². The van der Waals surface area contributed by atoms with Gasteiger partial charge in [0.2, 0.25) is 0 Å². The van der Waals surface area contributed by atoms with Gasteiger partial charge in [-0.15, -0.1) is 0 Å². The summed E-state index contributed by atoms with van der Waals surface area (Å²) in [6.07, 6.45) is 8.35. The maximum absolute atomic E-state index is 5.65. The summed E-state index contributed by atoms with van der Waals surface area (Å²) in [7, 11) is 1.69. The second-order valence-electron chi connectivity index (χ2n) is 6.10. The van der Waals surface area contributed by atoms with E-state index in [1.54, 1.807) is 7.11 Å². The predicted molar refractivity (Wildman–Crippen MR) is 93.5 cm³/mol. The van der Waals surface area contributed by atoms with Gasteiger partial charge in [-0.1, -0.05) is 19.3 Å². The summed E-state index contributed by atoms with van der Waals surface area (Å²) in [5.74, 6) is 1.43. The lowest BCUT2D eigenvalue weighted by atomic mass is 9.86. The van der Waals surface area contributed by atoms with E-state index in [1.165, 1.54) is 37.8 Å². The Morgan fingerprint density at radius 1 is 1.22 bits per heavy atom. The molecule has 1 aliphatic carbocycles. The molecule has 0 saturated heterocycles. The van der Waals surface area contributed by atoms with Crippen molar-refractivity contribution in [3.63, 3.8) is 0 Å². The number of methoxy groups -OCH3 is 1. The fourth-order valence-electron chi connectivity index (χ4n) is 3.40. The van der Waals surface area contributed by atoms with Crippen LogP contribution in [0.15, 0.2) is 30.5 Å². The molecular formula is C18H26N4O. The van der Waals surface area contributed by atoms with Gasteiger partial charge in [0, 0.05) is 19.0 Å². The van der Waals surface area contributed by atoms with Crippen molar-refractivity contribution in [3.8, 4) is 11.4 Å². The summed E-state index contributed by atoms with van der Waals surface area (Å²) in [6.45, 7) is 1.39. The smallest absolute Gasteiger partial charge is 0.119 e. The first-order valence-corrected chi connectivity index (χ1v) is 8.49. The molecule has 3 N–H and O–H groups in total. The molecule has 0 atom stereocenters. The highest BCUT2D eigenvalue weighted by Gasteiger charge is 2.23. The SMILES string of the molecule is COc1ccc(-n2ncc(NCCN)c2C2CCCCC2)cc1. The number of hydrogen-bond acceptors (Lipinski definition) is 4. The molecule has 124 valence electrons. The molecule has 0 radical (unpaired) electrons. The van der Waals surface area contributed by atoms with Crippen LogP contribution in [0.3, 0.4) is 0 Å². The number of hydrogen-bond donors (Lipinski definition) is 2. The van der Waals surface area contributed by atoms with Gasteiger partial charge in [0.15, 0.2) is 0 Å². The van der Waals surface area contributed by atoms with Crippen LogP contribution in [0.2, 0.25) is 0 Å². The minimum atomic E-state index is 0.564. The Bertz CT molecular complexity index is 614. The first kappa shape index (κ1) is 15.9. The summed E-state index contributed by atoms with van der Waals surface area (Å²) in [5, 5.41) is 8.08. The van der Waals surface area contributed by atoms with Crippen LogP contribution in [0.4, 0.5) is 5.69 Å². The molecule has 0 bridgehead atoms. The highest BCUT2D eigenvalue weighted by atomic mass is 16.5. The molecule has 1 aromatic heterocycles. The molecule has 1 aliphatic rings. The highest BCUT2D eigenvalue weighted by Crippen LogP contribution is 2.37. The molecule has 3 rings (SSSR count). The van der Waals surface area contributed by atoms with Crippen molar-refractivity contribution in [1.29, 1.82) is 0 Å². The van der Waals surface area contributed by atoms with Crippen molar-refractivity contribution in [2.24, 2.45) is 5.73 Å². The van der Waals surface area contributed by atoms with Crippen LogP contribution in [0, 0.1) is 0 Å². The second kappa shape index (κ2) is 7.51. The maximum Gasteiger partial charge on any atom is 0.119 e. The fourth-order valence-corrected chi connectivity index (χ4v) is 3.40. The number of rotatable bonds is 6. The van der Waals surface area contributed by atoms with Gasteiger partial charge in [0.05, 0.1) is 30.4 Å². The molecule has 1 fully saturated rings. The first-order valence-electron chi connectivity index (χ1n) is 8.49. The van der Waals surface area contributed by atoms with Crippen LogP contribution in [0.1, 0.15) is 43.7 Å². The van der Waals surface area contributed by atoms with Gasteiger partial charge >= 0.3 is 0 Å². The Labute approximate surface area is 137 Å². The second-order valence-corrected chi connectivity index (χ2v) is 6.10. The molecule has 5 heteroatoms. The third-order valence-corrected chi connectivity index (χ3v) is 4.58. The van der Waals surface area contributed by atoms with E-state index in [-0.39, 0.29) is 0 Å². The summed E-state index contributed by atoms with van der Waals surface area (Å²) in [5.41, 5.74) is 9.15. The predicted octanol–water partition coefficient (Wildman–Crippen LogP) is 3.30. The van der Waals surface area contributed by atoms with Gasteiger partial charge in [-0.25, -0.2) is 4.68 Å². The maximum atomic E-state index is 5.65. The molecule has 23 heavy (non-hydrogen) atoms. The summed E-state index contributed by atoms with van der Waals surface area (Å²) < 4.78 is 7.33. The molecule has 1 heterocycles. The number of nitrogens with zero attached hydrogens (tertiary/aromatic N) is 2. The van der Waals surface area contributed by atoms with Crippen molar-refractivity contribution < 1.29 is 4.74 Å². The highest BCUT2D eigenvalue weighted by molar-refractivity contribution is 5.52. The third kappa shape index (κ3) is 3.50. The van der Waals surface area contributed by atoms with Crippen LogP contribution in [0.25, 0.3) is 5.69 Å². The quantitative estimate of drug-likeness (QED) is 0.858. The van der Waals surface area contributed by atoms with Gasteiger partial charge in [0.25, 0.3) is 0 Å². The Balaban J connectivity index is 1.95. The van der Waals surface area contributed by atoms with Crippen molar-refractivity contribution in [1.82, 2.24) is 9.78 Å². The standard InChI is InChI=1S/C18H26N4O/c1-23-16-9-7-15(8-10-16)22-18(14-5-3-2-4-6-14)17(13-21-22)20-12-11-19/h7-10,13-14,20H,2-6,11-12,19H2,1H3.